The number of hydrogen-bond acceptors (Lipinski definition) is 3. The summed E-state index contributed by atoms with van der Waals surface area (Å²) in [7, 11) is 0. The second kappa shape index (κ2) is 7.68. The molecule has 1 heterocycles. The highest BCUT2D eigenvalue weighted by Gasteiger charge is 2.20. The molecular formula is C18H19BrN2O3. The fourth-order valence-electron chi connectivity index (χ4n) is 2.70. The van der Waals surface area contributed by atoms with Crippen molar-refractivity contribution in [3.8, 4) is 11.5 Å². The number of carbonyl (C=O) groups is 1. The Morgan fingerprint density at radius 1 is 1.04 bits per heavy atom. The average molecular weight is 391 g/mol. The highest BCUT2D eigenvalue weighted by Crippen LogP contribution is 2.24. The van der Waals surface area contributed by atoms with E-state index in [0.29, 0.717) is 13.1 Å². The maximum atomic E-state index is 10.9. The summed E-state index contributed by atoms with van der Waals surface area (Å²) < 4.78 is 6.90. The van der Waals surface area contributed by atoms with E-state index in [9.17, 15) is 4.79 Å². The fourth-order valence-corrected chi connectivity index (χ4v) is 2.97. The predicted molar refractivity (Wildman–Crippen MR) is 95.5 cm³/mol. The molecule has 6 heteroatoms. The zero-order valence-electron chi connectivity index (χ0n) is 13.2. The standard InChI is InChI=1S/C18H19BrN2O3/c19-15-4-6-16(7-5-15)24-17-3-1-2-14(12-17)13-20-8-10-21(11-9-20)18(22)23/h1-7,12H,8-11,13H2,(H,22,23). The van der Waals surface area contributed by atoms with Crippen LogP contribution < -0.4 is 4.74 Å². The number of carboxylic acid groups (broad SMARTS) is 1. The van der Waals surface area contributed by atoms with Gasteiger partial charge in [-0.1, -0.05) is 28.1 Å². The molecule has 1 amide bonds. The third-order valence-corrected chi connectivity index (χ3v) is 4.53. The van der Waals surface area contributed by atoms with Crippen LogP contribution in [0.4, 0.5) is 4.79 Å². The highest BCUT2D eigenvalue weighted by molar-refractivity contribution is 9.10. The van der Waals surface area contributed by atoms with Crippen LogP contribution in [0.15, 0.2) is 53.0 Å². The van der Waals surface area contributed by atoms with E-state index in [0.717, 1.165) is 41.2 Å². The van der Waals surface area contributed by atoms with Gasteiger partial charge in [-0.05, 0) is 42.0 Å². The van der Waals surface area contributed by atoms with Gasteiger partial charge in [0.25, 0.3) is 0 Å². The summed E-state index contributed by atoms with van der Waals surface area (Å²) in [6.07, 6.45) is -0.834. The van der Waals surface area contributed by atoms with Gasteiger partial charge in [0.1, 0.15) is 11.5 Å². The van der Waals surface area contributed by atoms with Gasteiger partial charge in [0.15, 0.2) is 0 Å². The normalized spacial score (nSPS) is 15.3. The van der Waals surface area contributed by atoms with E-state index in [1.807, 2.05) is 42.5 Å². The number of nitrogens with zero attached hydrogens (tertiary/aromatic N) is 2. The molecule has 0 atom stereocenters. The van der Waals surface area contributed by atoms with Crippen LogP contribution in [0.25, 0.3) is 0 Å². The van der Waals surface area contributed by atoms with E-state index in [1.165, 1.54) is 4.90 Å². The molecule has 1 N–H and O–H groups in total. The molecule has 2 aromatic carbocycles. The van der Waals surface area contributed by atoms with Crippen LogP contribution in [-0.4, -0.2) is 47.2 Å². The number of benzene rings is 2. The molecule has 3 rings (SSSR count). The van der Waals surface area contributed by atoms with Crippen molar-refractivity contribution in [2.75, 3.05) is 26.2 Å². The van der Waals surface area contributed by atoms with Crippen LogP contribution in [0, 0.1) is 0 Å². The van der Waals surface area contributed by atoms with Gasteiger partial charge in [-0.3, -0.25) is 4.90 Å². The van der Waals surface area contributed by atoms with Gasteiger partial charge < -0.3 is 14.7 Å². The minimum absolute atomic E-state index is 0.560. The summed E-state index contributed by atoms with van der Waals surface area (Å²) in [5.74, 6) is 1.60. The van der Waals surface area contributed by atoms with Crippen LogP contribution in [0.3, 0.4) is 0 Å². The monoisotopic (exact) mass is 390 g/mol. The van der Waals surface area contributed by atoms with Crippen LogP contribution in [0.1, 0.15) is 5.56 Å². The summed E-state index contributed by atoms with van der Waals surface area (Å²) in [6, 6.07) is 15.8. The maximum Gasteiger partial charge on any atom is 0.407 e. The smallest absolute Gasteiger partial charge is 0.407 e. The predicted octanol–water partition coefficient (Wildman–Crippen LogP) is 4.04. The topological polar surface area (TPSA) is 53.0 Å². The van der Waals surface area contributed by atoms with Gasteiger partial charge in [-0.2, -0.15) is 0 Å². The van der Waals surface area contributed by atoms with Crippen molar-refractivity contribution in [3.05, 3.63) is 58.6 Å². The highest BCUT2D eigenvalue weighted by atomic mass is 79.9. The number of hydrogen-bond donors (Lipinski definition) is 1. The lowest BCUT2D eigenvalue weighted by atomic mass is 10.2. The number of piperazine rings is 1. The van der Waals surface area contributed by atoms with E-state index in [4.69, 9.17) is 9.84 Å². The van der Waals surface area contributed by atoms with Gasteiger partial charge in [0.2, 0.25) is 0 Å². The first-order valence-corrected chi connectivity index (χ1v) is 8.62. The number of amides is 1. The van der Waals surface area contributed by atoms with Gasteiger partial charge >= 0.3 is 6.09 Å². The first-order valence-electron chi connectivity index (χ1n) is 7.83. The largest absolute Gasteiger partial charge is 0.465 e. The Labute approximate surface area is 149 Å². The molecule has 2 aromatic rings. The summed E-state index contributed by atoms with van der Waals surface area (Å²) in [5.41, 5.74) is 1.16. The molecule has 0 aromatic heterocycles. The minimum Gasteiger partial charge on any atom is -0.465 e. The van der Waals surface area contributed by atoms with Gasteiger partial charge in [-0.15, -0.1) is 0 Å². The van der Waals surface area contributed by atoms with Crippen LogP contribution >= 0.6 is 15.9 Å². The molecular weight excluding hydrogens is 372 g/mol. The lowest BCUT2D eigenvalue weighted by Gasteiger charge is -2.33. The molecule has 0 spiro atoms. The first-order chi connectivity index (χ1) is 11.6. The lowest BCUT2D eigenvalue weighted by molar-refractivity contribution is 0.103. The van der Waals surface area contributed by atoms with Crippen LogP contribution in [0.2, 0.25) is 0 Å². The molecule has 0 unspecified atom stereocenters. The Morgan fingerprint density at radius 3 is 2.42 bits per heavy atom. The van der Waals surface area contributed by atoms with Crippen molar-refractivity contribution >= 4 is 22.0 Å². The lowest BCUT2D eigenvalue weighted by Crippen LogP contribution is -2.47. The molecule has 1 fully saturated rings. The Hall–Kier alpha value is -2.05. The molecule has 0 aliphatic carbocycles. The third kappa shape index (κ3) is 4.49. The van der Waals surface area contributed by atoms with Crippen LogP contribution in [0.5, 0.6) is 11.5 Å². The summed E-state index contributed by atoms with van der Waals surface area (Å²) in [5, 5.41) is 9.00. The quantitative estimate of drug-likeness (QED) is 0.855. The van der Waals surface area contributed by atoms with Crippen molar-refractivity contribution in [2.24, 2.45) is 0 Å². The Morgan fingerprint density at radius 2 is 1.75 bits per heavy atom. The van der Waals surface area contributed by atoms with E-state index < -0.39 is 6.09 Å². The molecule has 0 radical (unpaired) electrons. The minimum atomic E-state index is -0.834. The van der Waals surface area contributed by atoms with Crippen molar-refractivity contribution < 1.29 is 14.6 Å². The second-order valence-corrected chi connectivity index (χ2v) is 6.66. The molecule has 24 heavy (non-hydrogen) atoms. The number of rotatable bonds is 4. The van der Waals surface area contributed by atoms with Gasteiger partial charge in [0, 0.05) is 37.2 Å². The Kier molecular flexibility index (Phi) is 5.37. The first kappa shape index (κ1) is 16.8. The molecule has 0 saturated carbocycles. The third-order valence-electron chi connectivity index (χ3n) is 4.00. The fraction of sp³-hybridized carbons (Fsp3) is 0.278. The Bertz CT molecular complexity index is 698. The van der Waals surface area contributed by atoms with E-state index in [-0.39, 0.29) is 0 Å². The Balaban J connectivity index is 1.59. The SMILES string of the molecule is O=C(O)N1CCN(Cc2cccc(Oc3ccc(Br)cc3)c2)CC1. The molecule has 1 aliphatic rings. The maximum absolute atomic E-state index is 10.9. The molecule has 126 valence electrons. The van der Waals surface area contributed by atoms with Crippen molar-refractivity contribution in [1.82, 2.24) is 9.80 Å². The second-order valence-electron chi connectivity index (χ2n) is 5.75. The van der Waals surface area contributed by atoms with Crippen molar-refractivity contribution in [3.63, 3.8) is 0 Å². The number of halogens is 1. The zero-order valence-corrected chi connectivity index (χ0v) is 14.8. The molecule has 0 bridgehead atoms. The van der Waals surface area contributed by atoms with Gasteiger partial charge in [-0.25, -0.2) is 4.79 Å². The van der Waals surface area contributed by atoms with Gasteiger partial charge in [0.05, 0.1) is 0 Å². The average Bonchev–Trinajstić information content (AvgIpc) is 2.58. The molecule has 1 aliphatic heterocycles. The zero-order chi connectivity index (χ0) is 16.9. The summed E-state index contributed by atoms with van der Waals surface area (Å²) in [6.45, 7) is 3.42. The molecule has 5 nitrogen and oxygen atoms in total. The van der Waals surface area contributed by atoms with Crippen molar-refractivity contribution in [2.45, 2.75) is 6.54 Å². The number of ether oxygens (including phenoxy) is 1. The molecule has 1 saturated heterocycles. The van der Waals surface area contributed by atoms with E-state index >= 15 is 0 Å². The summed E-state index contributed by atoms with van der Waals surface area (Å²) >= 11 is 3.41. The van der Waals surface area contributed by atoms with Crippen molar-refractivity contribution in [1.29, 1.82) is 0 Å². The van der Waals surface area contributed by atoms with E-state index in [1.54, 1.807) is 0 Å². The van der Waals surface area contributed by atoms with E-state index in [2.05, 4.69) is 26.9 Å². The summed E-state index contributed by atoms with van der Waals surface area (Å²) in [4.78, 5) is 14.7. The van der Waals surface area contributed by atoms with Crippen LogP contribution in [-0.2, 0) is 6.54 Å².